The van der Waals surface area contributed by atoms with Crippen LogP contribution in [0.2, 0.25) is 5.15 Å². The number of benzene rings is 1. The van der Waals surface area contributed by atoms with E-state index in [1.54, 1.807) is 23.2 Å². The standard InChI is InChI=1S/C16H13ClN2O3/c17-15-8-12(5-6-18-15)19(16(20)10-1-2-10)11-3-4-13-14(7-11)22-9-21-13/h3-8,10H,1-2,9H2. The van der Waals surface area contributed by atoms with Crippen molar-refractivity contribution >= 4 is 28.9 Å². The van der Waals surface area contributed by atoms with E-state index in [2.05, 4.69) is 4.98 Å². The van der Waals surface area contributed by atoms with Crippen LogP contribution >= 0.6 is 11.6 Å². The zero-order chi connectivity index (χ0) is 15.1. The third-order valence-electron chi connectivity index (χ3n) is 3.73. The van der Waals surface area contributed by atoms with Crippen molar-refractivity contribution in [1.82, 2.24) is 4.98 Å². The van der Waals surface area contributed by atoms with Crippen molar-refractivity contribution < 1.29 is 14.3 Å². The number of aromatic nitrogens is 1. The molecule has 112 valence electrons. The van der Waals surface area contributed by atoms with Crippen molar-refractivity contribution in [2.75, 3.05) is 11.7 Å². The van der Waals surface area contributed by atoms with Crippen molar-refractivity contribution in [3.05, 3.63) is 41.7 Å². The minimum absolute atomic E-state index is 0.0705. The summed E-state index contributed by atoms with van der Waals surface area (Å²) < 4.78 is 10.7. The van der Waals surface area contributed by atoms with E-state index >= 15 is 0 Å². The molecule has 1 aliphatic heterocycles. The third kappa shape index (κ3) is 2.37. The fourth-order valence-electron chi connectivity index (χ4n) is 2.47. The minimum atomic E-state index is 0.0705. The van der Waals surface area contributed by atoms with Crippen LogP contribution in [0.5, 0.6) is 11.5 Å². The highest BCUT2D eigenvalue weighted by molar-refractivity contribution is 6.29. The summed E-state index contributed by atoms with van der Waals surface area (Å²) >= 11 is 5.98. The number of nitrogens with zero attached hydrogens (tertiary/aromatic N) is 2. The summed E-state index contributed by atoms with van der Waals surface area (Å²) in [6.45, 7) is 0.205. The minimum Gasteiger partial charge on any atom is -0.454 e. The van der Waals surface area contributed by atoms with Crippen LogP contribution in [0.1, 0.15) is 12.8 Å². The van der Waals surface area contributed by atoms with E-state index in [1.165, 1.54) is 0 Å². The summed E-state index contributed by atoms with van der Waals surface area (Å²) in [5.41, 5.74) is 1.44. The molecule has 6 heteroatoms. The monoisotopic (exact) mass is 316 g/mol. The Morgan fingerprint density at radius 3 is 2.68 bits per heavy atom. The second kappa shape index (κ2) is 5.18. The Bertz CT molecular complexity index is 746. The fourth-order valence-corrected chi connectivity index (χ4v) is 2.64. The molecule has 0 bridgehead atoms. The van der Waals surface area contributed by atoms with Gasteiger partial charge < -0.3 is 9.47 Å². The van der Waals surface area contributed by atoms with E-state index in [4.69, 9.17) is 21.1 Å². The van der Waals surface area contributed by atoms with Gasteiger partial charge in [0.2, 0.25) is 12.7 Å². The molecule has 0 radical (unpaired) electrons. The highest BCUT2D eigenvalue weighted by Crippen LogP contribution is 2.41. The van der Waals surface area contributed by atoms with Crippen molar-refractivity contribution in [2.45, 2.75) is 12.8 Å². The zero-order valence-electron chi connectivity index (χ0n) is 11.7. The predicted octanol–water partition coefficient (Wildman–Crippen LogP) is 3.54. The Kier molecular flexibility index (Phi) is 3.15. The molecule has 0 N–H and O–H groups in total. The molecule has 4 rings (SSSR count). The second-order valence-electron chi connectivity index (χ2n) is 5.32. The fraction of sp³-hybridized carbons (Fsp3) is 0.250. The zero-order valence-corrected chi connectivity index (χ0v) is 12.4. The molecule has 2 aromatic rings. The lowest BCUT2D eigenvalue weighted by Gasteiger charge is -2.23. The molecule has 1 aromatic carbocycles. The van der Waals surface area contributed by atoms with Gasteiger partial charge in [0.1, 0.15) is 5.15 Å². The molecule has 2 aliphatic rings. The quantitative estimate of drug-likeness (QED) is 0.813. The van der Waals surface area contributed by atoms with Gasteiger partial charge in [0.25, 0.3) is 0 Å². The first kappa shape index (κ1) is 13.4. The summed E-state index contributed by atoms with van der Waals surface area (Å²) in [5, 5.41) is 0.354. The molecule has 1 aliphatic carbocycles. The molecule has 0 saturated heterocycles. The first-order valence-electron chi connectivity index (χ1n) is 7.07. The molecule has 2 heterocycles. The van der Waals surface area contributed by atoms with Gasteiger partial charge in [-0.3, -0.25) is 9.69 Å². The highest BCUT2D eigenvalue weighted by atomic mass is 35.5. The SMILES string of the molecule is O=C(C1CC1)N(c1ccnc(Cl)c1)c1ccc2c(c1)OCO2. The van der Waals surface area contributed by atoms with Crippen LogP contribution in [0.3, 0.4) is 0 Å². The van der Waals surface area contributed by atoms with E-state index in [-0.39, 0.29) is 18.6 Å². The predicted molar refractivity (Wildman–Crippen MR) is 81.7 cm³/mol. The maximum absolute atomic E-state index is 12.7. The summed E-state index contributed by atoms with van der Waals surface area (Å²) in [5.74, 6) is 1.49. The van der Waals surface area contributed by atoms with Crippen LogP contribution in [-0.4, -0.2) is 17.7 Å². The molecular weight excluding hydrogens is 304 g/mol. The number of hydrogen-bond acceptors (Lipinski definition) is 4. The lowest BCUT2D eigenvalue weighted by molar-refractivity contribution is -0.119. The van der Waals surface area contributed by atoms with Gasteiger partial charge in [0.15, 0.2) is 11.5 Å². The van der Waals surface area contributed by atoms with E-state index in [1.807, 2.05) is 18.2 Å². The van der Waals surface area contributed by atoms with Crippen LogP contribution in [0.25, 0.3) is 0 Å². The maximum atomic E-state index is 12.7. The number of ether oxygens (including phenoxy) is 2. The number of rotatable bonds is 3. The lowest BCUT2D eigenvalue weighted by atomic mass is 10.2. The van der Waals surface area contributed by atoms with Crippen molar-refractivity contribution in [1.29, 1.82) is 0 Å². The van der Waals surface area contributed by atoms with Gasteiger partial charge in [-0.05, 0) is 37.1 Å². The molecule has 0 spiro atoms. The normalized spacial score (nSPS) is 15.7. The van der Waals surface area contributed by atoms with Crippen molar-refractivity contribution in [3.8, 4) is 11.5 Å². The maximum Gasteiger partial charge on any atom is 0.234 e. The molecule has 5 nitrogen and oxygen atoms in total. The Labute approximate surface area is 132 Å². The van der Waals surface area contributed by atoms with E-state index in [0.717, 1.165) is 18.5 Å². The van der Waals surface area contributed by atoms with Gasteiger partial charge in [0.05, 0.1) is 11.4 Å². The molecule has 22 heavy (non-hydrogen) atoms. The topological polar surface area (TPSA) is 51.7 Å². The smallest absolute Gasteiger partial charge is 0.234 e. The molecular formula is C16H13ClN2O3. The number of carbonyl (C=O) groups excluding carboxylic acids is 1. The molecule has 0 unspecified atom stereocenters. The highest BCUT2D eigenvalue weighted by Gasteiger charge is 2.35. The molecule has 0 atom stereocenters. The first-order chi connectivity index (χ1) is 10.7. The summed E-state index contributed by atoms with van der Waals surface area (Å²) in [7, 11) is 0. The lowest BCUT2D eigenvalue weighted by Crippen LogP contribution is -2.27. The summed E-state index contributed by atoms with van der Waals surface area (Å²) in [6.07, 6.45) is 3.45. The number of halogens is 1. The average Bonchev–Trinajstić information content (AvgIpc) is 3.26. The summed E-state index contributed by atoms with van der Waals surface area (Å²) in [4.78, 5) is 18.4. The molecule has 1 amide bonds. The Morgan fingerprint density at radius 1 is 1.14 bits per heavy atom. The van der Waals surface area contributed by atoms with Crippen LogP contribution in [0.15, 0.2) is 36.5 Å². The number of hydrogen-bond donors (Lipinski definition) is 0. The van der Waals surface area contributed by atoms with Crippen LogP contribution < -0.4 is 14.4 Å². The van der Waals surface area contributed by atoms with Gasteiger partial charge in [-0.15, -0.1) is 0 Å². The molecule has 1 saturated carbocycles. The molecule has 1 fully saturated rings. The summed E-state index contributed by atoms with van der Waals surface area (Å²) in [6, 6.07) is 8.94. The van der Waals surface area contributed by atoms with Gasteiger partial charge in [-0.1, -0.05) is 11.6 Å². The first-order valence-corrected chi connectivity index (χ1v) is 7.45. The Morgan fingerprint density at radius 2 is 1.91 bits per heavy atom. The number of anilines is 2. The molecule has 1 aromatic heterocycles. The second-order valence-corrected chi connectivity index (χ2v) is 5.71. The van der Waals surface area contributed by atoms with Gasteiger partial charge in [-0.2, -0.15) is 0 Å². The van der Waals surface area contributed by atoms with Crippen molar-refractivity contribution in [3.63, 3.8) is 0 Å². The number of pyridine rings is 1. The number of fused-ring (bicyclic) bond motifs is 1. The van der Waals surface area contributed by atoms with Gasteiger partial charge in [0, 0.05) is 18.2 Å². The third-order valence-corrected chi connectivity index (χ3v) is 3.94. The average molecular weight is 317 g/mol. The van der Waals surface area contributed by atoms with Crippen LogP contribution in [0.4, 0.5) is 11.4 Å². The Balaban J connectivity index is 1.78. The van der Waals surface area contributed by atoms with Crippen LogP contribution in [-0.2, 0) is 4.79 Å². The van der Waals surface area contributed by atoms with E-state index in [0.29, 0.717) is 22.3 Å². The van der Waals surface area contributed by atoms with Gasteiger partial charge in [-0.25, -0.2) is 4.98 Å². The van der Waals surface area contributed by atoms with Crippen molar-refractivity contribution in [2.24, 2.45) is 5.92 Å². The Hall–Kier alpha value is -2.27. The number of amides is 1. The van der Waals surface area contributed by atoms with E-state index in [9.17, 15) is 4.79 Å². The van der Waals surface area contributed by atoms with Gasteiger partial charge >= 0.3 is 0 Å². The van der Waals surface area contributed by atoms with Crippen LogP contribution in [0, 0.1) is 5.92 Å². The van der Waals surface area contributed by atoms with E-state index < -0.39 is 0 Å². The number of carbonyl (C=O) groups is 1. The largest absolute Gasteiger partial charge is 0.454 e.